The van der Waals surface area contributed by atoms with Gasteiger partial charge in [0.05, 0.1) is 30.5 Å². The molecule has 31 heavy (non-hydrogen) atoms. The number of amides is 2. The highest BCUT2D eigenvalue weighted by Gasteiger charge is 2.55. The van der Waals surface area contributed by atoms with E-state index in [1.54, 1.807) is 12.3 Å². The van der Waals surface area contributed by atoms with Crippen LogP contribution in [0.15, 0.2) is 47.4 Å². The fourth-order valence-electron chi connectivity index (χ4n) is 5.33. The summed E-state index contributed by atoms with van der Waals surface area (Å²) in [6.07, 6.45) is 6.37. The van der Waals surface area contributed by atoms with Crippen LogP contribution in [0.1, 0.15) is 23.2 Å². The van der Waals surface area contributed by atoms with Gasteiger partial charge in [-0.3, -0.25) is 9.59 Å². The van der Waals surface area contributed by atoms with Gasteiger partial charge in [-0.25, -0.2) is 4.98 Å². The van der Waals surface area contributed by atoms with Crippen molar-refractivity contribution in [3.05, 3.63) is 48.6 Å². The van der Waals surface area contributed by atoms with Gasteiger partial charge in [-0.05, 0) is 31.0 Å². The second-order valence-corrected chi connectivity index (χ2v) is 8.69. The molecule has 0 bridgehead atoms. The van der Waals surface area contributed by atoms with Crippen molar-refractivity contribution in [2.75, 3.05) is 57.4 Å². The van der Waals surface area contributed by atoms with Gasteiger partial charge >= 0.3 is 0 Å². The molecule has 0 spiro atoms. The first-order chi connectivity index (χ1) is 15.2. The number of ether oxygens (including phenoxy) is 1. The summed E-state index contributed by atoms with van der Waals surface area (Å²) < 4.78 is 10.6. The fraction of sp³-hybridized carbons (Fsp3) is 0.522. The Morgan fingerprint density at radius 1 is 1.06 bits per heavy atom. The lowest BCUT2D eigenvalue weighted by atomic mass is 9.73. The van der Waals surface area contributed by atoms with E-state index in [1.165, 1.54) is 12.5 Å². The van der Waals surface area contributed by atoms with Gasteiger partial charge in [-0.1, -0.05) is 6.07 Å². The van der Waals surface area contributed by atoms with Crippen LogP contribution in [0.4, 0.5) is 5.82 Å². The van der Waals surface area contributed by atoms with E-state index in [4.69, 9.17) is 9.15 Å². The molecule has 3 fully saturated rings. The van der Waals surface area contributed by atoms with Gasteiger partial charge in [0.15, 0.2) is 0 Å². The predicted molar refractivity (Wildman–Crippen MR) is 114 cm³/mol. The number of anilines is 1. The number of carbonyl (C=O) groups is 2. The van der Waals surface area contributed by atoms with E-state index in [2.05, 4.69) is 9.88 Å². The quantitative estimate of drug-likeness (QED) is 0.749. The molecular weight excluding hydrogens is 396 g/mol. The van der Waals surface area contributed by atoms with Crippen LogP contribution in [-0.4, -0.2) is 79.1 Å². The van der Waals surface area contributed by atoms with Crippen molar-refractivity contribution in [1.82, 2.24) is 14.8 Å². The molecule has 2 aromatic rings. The summed E-state index contributed by atoms with van der Waals surface area (Å²) in [4.78, 5) is 37.6. The number of hydrogen-bond acceptors (Lipinski definition) is 6. The summed E-state index contributed by atoms with van der Waals surface area (Å²) in [6, 6.07) is 7.57. The number of rotatable bonds is 3. The Bertz CT molecular complexity index is 913. The molecular formula is C23H28N4O4. The maximum Gasteiger partial charge on any atom is 0.257 e. The average Bonchev–Trinajstić information content (AvgIpc) is 3.45. The van der Waals surface area contributed by atoms with Gasteiger partial charge in [0.25, 0.3) is 5.91 Å². The van der Waals surface area contributed by atoms with Gasteiger partial charge in [0.2, 0.25) is 5.91 Å². The summed E-state index contributed by atoms with van der Waals surface area (Å²) in [5.41, 5.74) is 0.0480. The summed E-state index contributed by atoms with van der Waals surface area (Å²) in [6.45, 7) is 5.00. The van der Waals surface area contributed by atoms with Crippen molar-refractivity contribution in [1.29, 1.82) is 0 Å². The van der Waals surface area contributed by atoms with E-state index in [0.717, 1.165) is 18.7 Å². The lowest BCUT2D eigenvalue weighted by Crippen LogP contribution is -2.53. The van der Waals surface area contributed by atoms with Crippen LogP contribution >= 0.6 is 0 Å². The van der Waals surface area contributed by atoms with E-state index < -0.39 is 5.41 Å². The Morgan fingerprint density at radius 3 is 2.68 bits per heavy atom. The summed E-state index contributed by atoms with van der Waals surface area (Å²) >= 11 is 0. The zero-order valence-corrected chi connectivity index (χ0v) is 17.6. The Labute approximate surface area is 181 Å². The SMILES string of the molecule is O=C(c1ccoc1)N1CCC[C@]2(C(=O)N3CCOCC3)CN(c3ccccn3)C[C@@H]2C1. The van der Waals surface area contributed by atoms with Crippen molar-refractivity contribution >= 4 is 17.6 Å². The standard InChI is InChI=1S/C23H28N4O4/c28-21(18-5-11-31-16-18)26-8-3-6-23(22(29)25-9-12-30-13-10-25)17-27(15-19(23)14-26)20-4-1-2-7-24-20/h1-2,4-5,7,11,16,19H,3,6,8-10,12-15,17H2/t19-,23-/m0/s1. The number of pyridine rings is 1. The number of likely N-dealkylation sites (tertiary alicyclic amines) is 1. The molecule has 2 amide bonds. The van der Waals surface area contributed by atoms with Crippen molar-refractivity contribution in [2.24, 2.45) is 11.3 Å². The minimum atomic E-state index is -0.514. The van der Waals surface area contributed by atoms with Crippen LogP contribution in [0.25, 0.3) is 0 Å². The van der Waals surface area contributed by atoms with Gasteiger partial charge in [-0.15, -0.1) is 0 Å². The van der Waals surface area contributed by atoms with E-state index in [0.29, 0.717) is 58.0 Å². The summed E-state index contributed by atoms with van der Waals surface area (Å²) in [5.74, 6) is 1.11. The number of morpholine rings is 1. The fourth-order valence-corrected chi connectivity index (χ4v) is 5.33. The third-order valence-corrected chi connectivity index (χ3v) is 6.94. The van der Waals surface area contributed by atoms with E-state index in [9.17, 15) is 9.59 Å². The van der Waals surface area contributed by atoms with Gasteiger partial charge in [-0.2, -0.15) is 0 Å². The average molecular weight is 425 g/mol. The van der Waals surface area contributed by atoms with Gasteiger partial charge in [0.1, 0.15) is 12.1 Å². The highest BCUT2D eigenvalue weighted by molar-refractivity contribution is 5.94. The first-order valence-corrected chi connectivity index (χ1v) is 11.0. The minimum Gasteiger partial charge on any atom is -0.472 e. The molecule has 0 aromatic carbocycles. The normalized spacial score (nSPS) is 26.5. The predicted octanol–water partition coefficient (Wildman–Crippen LogP) is 1.89. The first-order valence-electron chi connectivity index (χ1n) is 11.0. The molecule has 3 aliphatic rings. The van der Waals surface area contributed by atoms with Crippen LogP contribution in [0.5, 0.6) is 0 Å². The molecule has 3 saturated heterocycles. The Morgan fingerprint density at radius 2 is 1.94 bits per heavy atom. The molecule has 3 aliphatic heterocycles. The number of aromatic nitrogens is 1. The zero-order chi connectivity index (χ0) is 21.3. The number of fused-ring (bicyclic) bond motifs is 1. The Kier molecular flexibility index (Phi) is 5.40. The van der Waals surface area contributed by atoms with Crippen molar-refractivity contribution in [3.63, 3.8) is 0 Å². The van der Waals surface area contributed by atoms with E-state index in [1.807, 2.05) is 28.0 Å². The Hall–Kier alpha value is -2.87. The lowest BCUT2D eigenvalue weighted by molar-refractivity contribution is -0.148. The van der Waals surface area contributed by atoms with E-state index in [-0.39, 0.29) is 17.7 Å². The number of carbonyl (C=O) groups excluding carboxylic acids is 2. The first kappa shape index (κ1) is 20.1. The second-order valence-electron chi connectivity index (χ2n) is 8.69. The van der Waals surface area contributed by atoms with Crippen molar-refractivity contribution in [3.8, 4) is 0 Å². The lowest BCUT2D eigenvalue weighted by Gasteiger charge is -2.38. The largest absolute Gasteiger partial charge is 0.472 e. The molecule has 0 saturated carbocycles. The highest BCUT2D eigenvalue weighted by atomic mass is 16.5. The van der Waals surface area contributed by atoms with Crippen LogP contribution in [0.2, 0.25) is 0 Å². The molecule has 2 aromatic heterocycles. The van der Waals surface area contributed by atoms with Crippen LogP contribution in [0, 0.1) is 11.3 Å². The molecule has 5 rings (SSSR count). The maximum atomic E-state index is 13.9. The molecule has 0 unspecified atom stereocenters. The second kappa shape index (κ2) is 8.34. The molecule has 0 N–H and O–H groups in total. The van der Waals surface area contributed by atoms with Crippen molar-refractivity contribution in [2.45, 2.75) is 12.8 Å². The monoisotopic (exact) mass is 424 g/mol. The smallest absolute Gasteiger partial charge is 0.257 e. The molecule has 5 heterocycles. The molecule has 164 valence electrons. The number of furan rings is 1. The highest BCUT2D eigenvalue weighted by Crippen LogP contribution is 2.45. The zero-order valence-electron chi connectivity index (χ0n) is 17.6. The van der Waals surface area contributed by atoms with Crippen LogP contribution < -0.4 is 4.90 Å². The topological polar surface area (TPSA) is 79.1 Å². The van der Waals surface area contributed by atoms with Crippen LogP contribution in [-0.2, 0) is 9.53 Å². The maximum absolute atomic E-state index is 13.9. The van der Waals surface area contributed by atoms with Crippen molar-refractivity contribution < 1.29 is 18.7 Å². The Balaban J connectivity index is 1.45. The van der Waals surface area contributed by atoms with E-state index >= 15 is 0 Å². The third-order valence-electron chi connectivity index (χ3n) is 6.94. The number of hydrogen-bond donors (Lipinski definition) is 0. The van der Waals surface area contributed by atoms with Crippen LogP contribution in [0.3, 0.4) is 0 Å². The summed E-state index contributed by atoms with van der Waals surface area (Å²) in [5, 5.41) is 0. The molecule has 0 aliphatic carbocycles. The molecule has 0 radical (unpaired) electrons. The third kappa shape index (κ3) is 3.69. The number of nitrogens with zero attached hydrogens (tertiary/aromatic N) is 4. The molecule has 8 heteroatoms. The van der Waals surface area contributed by atoms with Gasteiger partial charge in [0, 0.05) is 51.4 Å². The summed E-state index contributed by atoms with van der Waals surface area (Å²) in [7, 11) is 0. The molecule has 8 nitrogen and oxygen atoms in total. The minimum absolute atomic E-state index is 0.0281. The van der Waals surface area contributed by atoms with Gasteiger partial charge < -0.3 is 23.9 Å². The molecule has 2 atom stereocenters.